The number of nitrogens with zero attached hydrogens (tertiary/aromatic N) is 2. The van der Waals surface area contributed by atoms with Crippen LogP contribution in [0.15, 0.2) is 36.7 Å². The van der Waals surface area contributed by atoms with Crippen LogP contribution in [0.3, 0.4) is 0 Å². The highest BCUT2D eigenvalue weighted by atomic mass is 19.1. The smallest absolute Gasteiger partial charge is 0.159 e. The summed E-state index contributed by atoms with van der Waals surface area (Å²) in [5.41, 5.74) is 2.37. The molecule has 1 heterocycles. The highest BCUT2D eigenvalue weighted by Crippen LogP contribution is 2.20. The van der Waals surface area contributed by atoms with E-state index in [-0.39, 0.29) is 5.92 Å². The maximum Gasteiger partial charge on any atom is 0.159 e. The molecule has 0 N–H and O–H groups in total. The van der Waals surface area contributed by atoms with Gasteiger partial charge in [0.1, 0.15) is 6.17 Å². The third-order valence-electron chi connectivity index (χ3n) is 5.83. The third-order valence-corrected chi connectivity index (χ3v) is 5.83. The van der Waals surface area contributed by atoms with E-state index in [1.165, 1.54) is 50.5 Å². The molecule has 0 aliphatic rings. The van der Waals surface area contributed by atoms with E-state index in [1.807, 2.05) is 13.8 Å². The van der Waals surface area contributed by atoms with Crippen molar-refractivity contribution in [3.8, 4) is 17.1 Å². The van der Waals surface area contributed by atoms with Crippen molar-refractivity contribution in [2.24, 2.45) is 5.92 Å². The maximum atomic E-state index is 13.9. The van der Waals surface area contributed by atoms with Crippen LogP contribution in [0.25, 0.3) is 11.4 Å². The van der Waals surface area contributed by atoms with E-state index in [9.17, 15) is 4.39 Å². The second-order valence-corrected chi connectivity index (χ2v) is 8.35. The molecule has 0 radical (unpaired) electrons. The molecule has 0 aliphatic heterocycles. The fourth-order valence-electron chi connectivity index (χ4n) is 3.48. The summed E-state index contributed by atoms with van der Waals surface area (Å²) in [5.74, 6) is 1.35. The van der Waals surface area contributed by atoms with Gasteiger partial charge in [-0.2, -0.15) is 0 Å². The molecule has 2 unspecified atom stereocenters. The minimum Gasteiger partial charge on any atom is -0.490 e. The van der Waals surface area contributed by atoms with Crippen molar-refractivity contribution in [2.75, 3.05) is 6.61 Å². The normalized spacial score (nSPS) is 13.2. The first-order valence-corrected chi connectivity index (χ1v) is 11.8. The van der Waals surface area contributed by atoms with Crippen LogP contribution < -0.4 is 4.74 Å². The van der Waals surface area contributed by atoms with Gasteiger partial charge in [0, 0.05) is 12.0 Å². The summed E-state index contributed by atoms with van der Waals surface area (Å²) < 4.78 is 19.5. The van der Waals surface area contributed by atoms with Crippen LogP contribution in [0.2, 0.25) is 0 Å². The van der Waals surface area contributed by atoms with E-state index in [0.29, 0.717) is 24.6 Å². The number of rotatable bonds is 15. The lowest BCUT2D eigenvalue weighted by atomic mass is 10.0. The molecule has 2 aromatic rings. The molecule has 0 amide bonds. The molecular formula is C26H39FN2O. The lowest BCUT2D eigenvalue weighted by Crippen LogP contribution is -2.15. The summed E-state index contributed by atoms with van der Waals surface area (Å²) in [4.78, 5) is 8.82. The number of alkyl halides is 1. The quantitative estimate of drug-likeness (QED) is 0.282. The molecule has 2 atom stereocenters. The minimum absolute atomic E-state index is 0.0704. The fourth-order valence-corrected chi connectivity index (χ4v) is 3.48. The van der Waals surface area contributed by atoms with E-state index in [2.05, 4.69) is 41.2 Å². The third kappa shape index (κ3) is 8.81. The molecular weight excluding hydrogens is 375 g/mol. The monoisotopic (exact) mass is 414 g/mol. The van der Waals surface area contributed by atoms with E-state index in [0.717, 1.165) is 18.4 Å². The van der Waals surface area contributed by atoms with Gasteiger partial charge in [0.05, 0.1) is 19.0 Å². The fraction of sp³-hybridized carbons (Fsp3) is 0.615. The Hall–Kier alpha value is -1.97. The van der Waals surface area contributed by atoms with Crippen LogP contribution in [-0.4, -0.2) is 22.7 Å². The second-order valence-electron chi connectivity index (χ2n) is 8.35. The molecule has 30 heavy (non-hydrogen) atoms. The standard InChI is InChI=1S/C26H39FN2O/c1-4-6-7-8-9-10-11-12-22-13-15-23(16-14-22)26-28-19-24(20-29-26)30-18-17-25(27)21(3)5-2/h13-16,19-21,25H,4-12,17-18H2,1-3H3. The molecule has 0 saturated carbocycles. The summed E-state index contributed by atoms with van der Waals surface area (Å²) in [7, 11) is 0. The Morgan fingerprint density at radius 2 is 1.53 bits per heavy atom. The molecule has 3 nitrogen and oxygen atoms in total. The van der Waals surface area contributed by atoms with Crippen molar-refractivity contribution in [3.63, 3.8) is 0 Å². The van der Waals surface area contributed by atoms with Gasteiger partial charge < -0.3 is 4.74 Å². The predicted octanol–water partition coefficient (Wildman–Crippen LogP) is 7.59. The van der Waals surface area contributed by atoms with E-state index in [1.54, 1.807) is 12.4 Å². The zero-order valence-electron chi connectivity index (χ0n) is 19.1. The first-order chi connectivity index (χ1) is 14.6. The SMILES string of the molecule is CCCCCCCCCc1ccc(-c2ncc(OCCC(F)C(C)CC)cn2)cc1. The predicted molar refractivity (Wildman–Crippen MR) is 124 cm³/mol. The Balaban J connectivity index is 1.73. The topological polar surface area (TPSA) is 35.0 Å². The highest BCUT2D eigenvalue weighted by molar-refractivity contribution is 5.55. The summed E-state index contributed by atoms with van der Waals surface area (Å²) in [6.45, 7) is 6.55. The first-order valence-electron chi connectivity index (χ1n) is 11.8. The lowest BCUT2D eigenvalue weighted by Gasteiger charge is -2.14. The first kappa shape index (κ1) is 24.3. The number of aromatic nitrogens is 2. The Bertz CT molecular complexity index is 687. The van der Waals surface area contributed by atoms with Crippen molar-refractivity contribution in [1.82, 2.24) is 9.97 Å². The lowest BCUT2D eigenvalue weighted by molar-refractivity contribution is 0.181. The summed E-state index contributed by atoms with van der Waals surface area (Å²) in [6, 6.07) is 8.53. The maximum absolute atomic E-state index is 13.9. The van der Waals surface area contributed by atoms with Gasteiger partial charge in [0.25, 0.3) is 0 Å². The highest BCUT2D eigenvalue weighted by Gasteiger charge is 2.14. The van der Waals surface area contributed by atoms with Crippen molar-refractivity contribution >= 4 is 0 Å². The van der Waals surface area contributed by atoms with Crippen LogP contribution in [0.1, 0.15) is 84.1 Å². The van der Waals surface area contributed by atoms with Gasteiger partial charge in [-0.05, 0) is 24.3 Å². The van der Waals surface area contributed by atoms with Crippen molar-refractivity contribution in [3.05, 3.63) is 42.2 Å². The molecule has 0 fully saturated rings. The van der Waals surface area contributed by atoms with Gasteiger partial charge in [-0.15, -0.1) is 0 Å². The summed E-state index contributed by atoms with van der Waals surface area (Å²) in [5, 5.41) is 0. The zero-order chi connectivity index (χ0) is 21.6. The van der Waals surface area contributed by atoms with Crippen LogP contribution >= 0.6 is 0 Å². The number of benzene rings is 1. The van der Waals surface area contributed by atoms with E-state index < -0.39 is 6.17 Å². The van der Waals surface area contributed by atoms with Gasteiger partial charge >= 0.3 is 0 Å². The summed E-state index contributed by atoms with van der Waals surface area (Å²) in [6.07, 6.45) is 14.2. The number of unbranched alkanes of at least 4 members (excludes halogenated alkanes) is 6. The molecule has 0 saturated heterocycles. The van der Waals surface area contributed by atoms with Crippen LogP contribution in [0, 0.1) is 5.92 Å². The second kappa shape index (κ2) is 14.1. The number of hydrogen-bond acceptors (Lipinski definition) is 3. The number of hydrogen-bond donors (Lipinski definition) is 0. The molecule has 166 valence electrons. The number of halogens is 1. The van der Waals surface area contributed by atoms with Gasteiger partial charge in [-0.3, -0.25) is 0 Å². The van der Waals surface area contributed by atoms with Crippen LogP contribution in [-0.2, 0) is 6.42 Å². The molecule has 4 heteroatoms. The van der Waals surface area contributed by atoms with Gasteiger partial charge in [-0.1, -0.05) is 90.0 Å². The average molecular weight is 415 g/mol. The Labute approximate surface area is 182 Å². The van der Waals surface area contributed by atoms with Crippen molar-refractivity contribution < 1.29 is 9.13 Å². The van der Waals surface area contributed by atoms with E-state index >= 15 is 0 Å². The largest absolute Gasteiger partial charge is 0.490 e. The zero-order valence-corrected chi connectivity index (χ0v) is 19.1. The molecule has 1 aromatic heterocycles. The van der Waals surface area contributed by atoms with Crippen molar-refractivity contribution in [2.45, 2.75) is 91.2 Å². The van der Waals surface area contributed by atoms with Gasteiger partial charge in [-0.25, -0.2) is 14.4 Å². The van der Waals surface area contributed by atoms with Crippen LogP contribution in [0.4, 0.5) is 4.39 Å². The number of aryl methyl sites for hydroxylation is 1. The molecule has 1 aromatic carbocycles. The molecule has 2 rings (SSSR count). The Kier molecular flexibility index (Phi) is 11.4. The molecule has 0 aliphatic carbocycles. The Morgan fingerprint density at radius 1 is 0.900 bits per heavy atom. The minimum atomic E-state index is -0.824. The van der Waals surface area contributed by atoms with Gasteiger partial charge in [0.15, 0.2) is 11.6 Å². The Morgan fingerprint density at radius 3 is 2.17 bits per heavy atom. The number of ether oxygens (including phenoxy) is 1. The van der Waals surface area contributed by atoms with Gasteiger partial charge in [0.2, 0.25) is 0 Å². The molecule has 0 bridgehead atoms. The summed E-state index contributed by atoms with van der Waals surface area (Å²) >= 11 is 0. The van der Waals surface area contributed by atoms with Crippen molar-refractivity contribution in [1.29, 1.82) is 0 Å². The molecule has 0 spiro atoms. The average Bonchev–Trinajstić information content (AvgIpc) is 2.78. The van der Waals surface area contributed by atoms with E-state index in [4.69, 9.17) is 4.74 Å². The van der Waals surface area contributed by atoms with Crippen LogP contribution in [0.5, 0.6) is 5.75 Å².